The molecule has 64 valence electrons. The minimum absolute atomic E-state index is 0.103. The minimum atomic E-state index is -0.103. The molecular weight excluding hydrogens is 176 g/mol. The summed E-state index contributed by atoms with van der Waals surface area (Å²) in [5, 5.41) is 4.39. The van der Waals surface area contributed by atoms with Crippen LogP contribution in [0.2, 0.25) is 0 Å². The van der Waals surface area contributed by atoms with Gasteiger partial charge in [-0.15, -0.1) is 5.53 Å². The molecule has 2 N–H and O–H groups in total. The average molecular weight is 184 g/mol. The zero-order chi connectivity index (χ0) is 8.72. The van der Waals surface area contributed by atoms with Crippen LogP contribution in [0.5, 0.6) is 0 Å². The molecule has 0 fully saturated rings. The number of hydrogen-bond acceptors (Lipinski definition) is 5. The van der Waals surface area contributed by atoms with Crippen molar-refractivity contribution in [3.05, 3.63) is 23.8 Å². The number of amides is 1. The predicted molar refractivity (Wildman–Crippen MR) is 45.8 cm³/mol. The topological polar surface area (TPSA) is 47.6 Å². The van der Waals surface area contributed by atoms with Gasteiger partial charge in [-0.05, 0) is 19.7 Å². The Kier molecular flexibility index (Phi) is 1.52. The first-order valence-corrected chi connectivity index (χ1v) is 3.82. The van der Waals surface area contributed by atoms with E-state index < -0.39 is 0 Å². The van der Waals surface area contributed by atoms with Crippen LogP contribution in [-0.2, 0) is 4.79 Å². The lowest BCUT2D eigenvalue weighted by atomic mass is 10.3. The number of hydrazine groups is 2. The molecule has 0 aromatic rings. The number of nitrogens with zero attached hydrogens (tertiary/aromatic N) is 2. The quantitative estimate of drug-likeness (QED) is 0.452. The van der Waals surface area contributed by atoms with Gasteiger partial charge in [0.05, 0.1) is 6.20 Å². The number of allylic oxidation sites excluding steroid dienone is 1. The van der Waals surface area contributed by atoms with Gasteiger partial charge in [-0.1, -0.05) is 0 Å². The maximum absolute atomic E-state index is 11.3. The fourth-order valence-corrected chi connectivity index (χ4v) is 1.30. The second-order valence-corrected chi connectivity index (χ2v) is 3.02. The van der Waals surface area contributed by atoms with Crippen LogP contribution in [0.15, 0.2) is 23.8 Å². The van der Waals surface area contributed by atoms with Gasteiger partial charge < -0.3 is 5.32 Å². The molecule has 2 heterocycles. The van der Waals surface area contributed by atoms with Crippen LogP contribution >= 0.6 is 12.8 Å². The van der Waals surface area contributed by atoms with Crippen LogP contribution in [0.3, 0.4) is 0 Å². The van der Waals surface area contributed by atoms with Gasteiger partial charge in [-0.2, -0.15) is 0 Å². The van der Waals surface area contributed by atoms with Crippen molar-refractivity contribution in [3.63, 3.8) is 0 Å². The highest BCUT2D eigenvalue weighted by molar-refractivity contribution is 7.77. The molecule has 2 aliphatic rings. The Morgan fingerprint density at radius 2 is 2.33 bits per heavy atom. The molecule has 0 saturated carbocycles. The molecule has 0 aromatic carbocycles. The summed E-state index contributed by atoms with van der Waals surface area (Å²) in [5.74, 6) is 0.587. The number of nitrogens with one attached hydrogen (secondary N) is 2. The third-order valence-electron chi connectivity index (χ3n) is 1.57. The molecule has 5 nitrogen and oxygen atoms in total. The molecule has 0 aliphatic carbocycles. The number of fused-ring (bicyclic) bond motifs is 1. The van der Waals surface area contributed by atoms with Crippen LogP contribution in [0.4, 0.5) is 0 Å². The third-order valence-corrected chi connectivity index (χ3v) is 1.78. The highest BCUT2D eigenvalue weighted by atomic mass is 32.1. The van der Waals surface area contributed by atoms with Crippen molar-refractivity contribution in [2.75, 3.05) is 0 Å². The summed E-state index contributed by atoms with van der Waals surface area (Å²) in [6.07, 6.45) is 3.19. The zero-order valence-electron chi connectivity index (χ0n) is 6.40. The van der Waals surface area contributed by atoms with Crippen molar-refractivity contribution in [1.29, 1.82) is 0 Å². The molecular formula is C6H8N4OS. The molecule has 2 rings (SSSR count). The molecule has 0 saturated heterocycles. The first-order valence-electron chi connectivity index (χ1n) is 3.42. The Labute approximate surface area is 75.2 Å². The van der Waals surface area contributed by atoms with E-state index in [1.807, 2.05) is 6.92 Å². The van der Waals surface area contributed by atoms with Crippen molar-refractivity contribution < 1.29 is 4.79 Å². The average Bonchev–Trinajstić information content (AvgIpc) is 2.29. The fourth-order valence-electron chi connectivity index (χ4n) is 1.10. The smallest absolute Gasteiger partial charge is 0.269 e. The fraction of sp³-hybridized carbons (Fsp3) is 0.167. The summed E-state index contributed by atoms with van der Waals surface area (Å²) in [6, 6.07) is 0. The van der Waals surface area contributed by atoms with Crippen molar-refractivity contribution in [2.45, 2.75) is 6.92 Å². The maximum Gasteiger partial charge on any atom is 0.269 e. The second kappa shape index (κ2) is 2.43. The van der Waals surface area contributed by atoms with Crippen LogP contribution in [-0.4, -0.2) is 15.3 Å². The van der Waals surface area contributed by atoms with Gasteiger partial charge in [0, 0.05) is 11.8 Å². The first-order chi connectivity index (χ1) is 5.66. The van der Waals surface area contributed by atoms with Crippen LogP contribution in [0, 0.1) is 0 Å². The Morgan fingerprint density at radius 1 is 1.58 bits per heavy atom. The van der Waals surface area contributed by atoms with Gasteiger partial charge in [-0.25, -0.2) is 9.42 Å². The predicted octanol–water partition coefficient (Wildman–Crippen LogP) is -0.299. The lowest BCUT2D eigenvalue weighted by Crippen LogP contribution is -2.45. The number of thiol groups is 1. The Bertz CT molecular complexity index is 298. The molecule has 0 spiro atoms. The van der Waals surface area contributed by atoms with E-state index in [0.717, 1.165) is 5.70 Å². The van der Waals surface area contributed by atoms with Gasteiger partial charge in [0.25, 0.3) is 5.91 Å². The molecule has 2 aliphatic heterocycles. The first kappa shape index (κ1) is 7.51. The summed E-state index contributed by atoms with van der Waals surface area (Å²) < 4.78 is 1.41. The van der Waals surface area contributed by atoms with Crippen molar-refractivity contribution in [2.24, 2.45) is 0 Å². The van der Waals surface area contributed by atoms with Crippen LogP contribution in [0.1, 0.15) is 6.92 Å². The summed E-state index contributed by atoms with van der Waals surface area (Å²) in [6.45, 7) is 1.83. The number of carbonyl (C=O) groups excluding carboxylic acids is 1. The normalized spacial score (nSPS) is 21.7. The van der Waals surface area contributed by atoms with Crippen molar-refractivity contribution in [3.8, 4) is 0 Å². The number of rotatable bonds is 0. The molecule has 0 atom stereocenters. The number of carbonyl (C=O) groups is 1. The van der Waals surface area contributed by atoms with Crippen molar-refractivity contribution in [1.82, 2.24) is 20.3 Å². The largest absolute Gasteiger partial charge is 0.343 e. The maximum atomic E-state index is 11.3. The second-order valence-electron chi connectivity index (χ2n) is 2.58. The summed E-state index contributed by atoms with van der Waals surface area (Å²) >= 11 is 4.01. The Balaban J connectivity index is 2.31. The summed E-state index contributed by atoms with van der Waals surface area (Å²) in [7, 11) is 0. The van der Waals surface area contributed by atoms with Gasteiger partial charge in [0.2, 0.25) is 0 Å². The van der Waals surface area contributed by atoms with E-state index >= 15 is 0 Å². The molecule has 0 bridgehead atoms. The van der Waals surface area contributed by atoms with Gasteiger partial charge in [-0.3, -0.25) is 4.79 Å². The highest BCUT2D eigenvalue weighted by Gasteiger charge is 2.27. The van der Waals surface area contributed by atoms with Gasteiger partial charge >= 0.3 is 0 Å². The Hall–Kier alpha value is -1.14. The van der Waals surface area contributed by atoms with E-state index in [2.05, 4.69) is 23.7 Å². The van der Waals surface area contributed by atoms with E-state index in [9.17, 15) is 4.79 Å². The zero-order valence-corrected chi connectivity index (χ0v) is 7.30. The SMILES string of the molecule is CC1=CC(=O)N2NN(S)C=C2N1. The molecule has 12 heavy (non-hydrogen) atoms. The molecule has 6 heteroatoms. The summed E-state index contributed by atoms with van der Waals surface area (Å²) in [5.41, 5.74) is 3.53. The van der Waals surface area contributed by atoms with Crippen molar-refractivity contribution >= 4 is 18.7 Å². The number of hydrogen-bond donors (Lipinski definition) is 3. The Morgan fingerprint density at radius 3 is 3.08 bits per heavy atom. The molecule has 0 unspecified atom stereocenters. The van der Waals surface area contributed by atoms with Crippen LogP contribution < -0.4 is 10.9 Å². The lowest BCUT2D eigenvalue weighted by molar-refractivity contribution is -0.128. The van der Waals surface area contributed by atoms with Gasteiger partial charge in [0.1, 0.15) is 5.82 Å². The standard InChI is InChI=1S/C6H8N4OS/c1-4-2-6(11)10-5(7-4)3-9(12)8-10/h2-3,7-8,12H,1H3. The van der Waals surface area contributed by atoms with E-state index in [1.165, 1.54) is 15.5 Å². The minimum Gasteiger partial charge on any atom is -0.343 e. The molecule has 0 aromatic heterocycles. The van der Waals surface area contributed by atoms with Gasteiger partial charge in [0.15, 0.2) is 0 Å². The third kappa shape index (κ3) is 1.05. The van der Waals surface area contributed by atoms with E-state index in [4.69, 9.17) is 0 Å². The monoisotopic (exact) mass is 184 g/mol. The van der Waals surface area contributed by atoms with E-state index in [1.54, 1.807) is 6.20 Å². The van der Waals surface area contributed by atoms with E-state index in [-0.39, 0.29) is 5.91 Å². The summed E-state index contributed by atoms with van der Waals surface area (Å²) in [4.78, 5) is 11.3. The lowest BCUT2D eigenvalue weighted by Gasteiger charge is -2.23. The molecule has 1 amide bonds. The van der Waals surface area contributed by atoms with Crippen LogP contribution in [0.25, 0.3) is 0 Å². The highest BCUT2D eigenvalue weighted by Crippen LogP contribution is 2.15. The van der Waals surface area contributed by atoms with E-state index in [0.29, 0.717) is 5.82 Å². The molecule has 0 radical (unpaired) electrons.